The molecule has 3 aromatic heterocycles. The van der Waals surface area contributed by atoms with Crippen molar-refractivity contribution in [1.82, 2.24) is 0 Å². The van der Waals surface area contributed by atoms with E-state index in [4.69, 9.17) is 13.3 Å². The first kappa shape index (κ1) is 28.8. The van der Waals surface area contributed by atoms with Gasteiger partial charge in [0.15, 0.2) is 0 Å². The van der Waals surface area contributed by atoms with E-state index in [9.17, 15) is 0 Å². The second kappa shape index (κ2) is 11.2. The number of benzene rings is 8. The zero-order valence-corrected chi connectivity index (χ0v) is 27.9. The smallest absolute Gasteiger partial charge is 0.137 e. The van der Waals surface area contributed by atoms with E-state index in [2.05, 4.69) is 150 Å². The van der Waals surface area contributed by atoms with Crippen molar-refractivity contribution in [3.63, 3.8) is 0 Å². The zero-order valence-electron chi connectivity index (χ0n) is 27.9. The molecule has 0 amide bonds. The monoisotopic (exact) mass is 667 g/mol. The van der Waals surface area contributed by atoms with Gasteiger partial charge < -0.3 is 18.2 Å². The maximum absolute atomic E-state index is 6.63. The molecule has 0 N–H and O–H groups in total. The number of hydrogen-bond acceptors (Lipinski definition) is 4. The van der Waals surface area contributed by atoms with Gasteiger partial charge in [-0.1, -0.05) is 91.0 Å². The summed E-state index contributed by atoms with van der Waals surface area (Å²) in [5, 5.41) is 6.55. The Bertz CT molecular complexity index is 3090. The number of fused-ring (bicyclic) bond motifs is 9. The van der Waals surface area contributed by atoms with Crippen LogP contribution in [0.25, 0.3) is 88.1 Å². The highest BCUT2D eigenvalue weighted by Gasteiger charge is 2.20. The molecule has 0 atom stereocenters. The Balaban J connectivity index is 1.06. The maximum Gasteiger partial charge on any atom is 0.137 e. The first-order valence-corrected chi connectivity index (χ1v) is 17.5. The number of hydrogen-bond donors (Lipinski definition) is 0. The summed E-state index contributed by atoms with van der Waals surface area (Å²) in [6, 6.07) is 61.2. The zero-order chi connectivity index (χ0) is 34.2. The van der Waals surface area contributed by atoms with Gasteiger partial charge in [-0.15, -0.1) is 0 Å². The van der Waals surface area contributed by atoms with Crippen LogP contribution in [-0.4, -0.2) is 0 Å². The Morgan fingerprint density at radius 1 is 0.308 bits per heavy atom. The lowest BCUT2D eigenvalue weighted by atomic mass is 9.96. The predicted molar refractivity (Wildman–Crippen MR) is 214 cm³/mol. The van der Waals surface area contributed by atoms with Crippen LogP contribution in [0.1, 0.15) is 0 Å². The maximum atomic E-state index is 6.63. The summed E-state index contributed by atoms with van der Waals surface area (Å²) in [6.45, 7) is 0. The summed E-state index contributed by atoms with van der Waals surface area (Å²) in [6.07, 6.45) is 0. The Morgan fingerprint density at radius 2 is 0.846 bits per heavy atom. The molecule has 11 aromatic rings. The number of anilines is 3. The normalized spacial score (nSPS) is 11.8. The highest BCUT2D eigenvalue weighted by Crippen LogP contribution is 2.45. The van der Waals surface area contributed by atoms with Gasteiger partial charge in [0.2, 0.25) is 0 Å². The van der Waals surface area contributed by atoms with Gasteiger partial charge in [0.25, 0.3) is 0 Å². The van der Waals surface area contributed by atoms with E-state index >= 15 is 0 Å². The molecule has 8 aromatic carbocycles. The molecule has 52 heavy (non-hydrogen) atoms. The van der Waals surface area contributed by atoms with E-state index in [-0.39, 0.29) is 0 Å². The molecule has 0 spiro atoms. The minimum atomic E-state index is 0.839. The summed E-state index contributed by atoms with van der Waals surface area (Å²) in [5.74, 6) is 0. The van der Waals surface area contributed by atoms with Crippen LogP contribution in [-0.2, 0) is 0 Å². The molecule has 0 saturated carbocycles. The third-order valence-corrected chi connectivity index (χ3v) is 10.3. The van der Waals surface area contributed by atoms with E-state index in [1.54, 1.807) is 0 Å². The molecule has 0 radical (unpaired) electrons. The Morgan fingerprint density at radius 3 is 1.67 bits per heavy atom. The molecule has 0 aliphatic carbocycles. The van der Waals surface area contributed by atoms with Crippen molar-refractivity contribution in [3.05, 3.63) is 176 Å². The lowest BCUT2D eigenvalue weighted by Crippen LogP contribution is -2.09. The highest BCUT2D eigenvalue weighted by atomic mass is 16.3. The minimum Gasteiger partial charge on any atom is -0.456 e. The van der Waals surface area contributed by atoms with Crippen molar-refractivity contribution in [2.75, 3.05) is 4.90 Å². The van der Waals surface area contributed by atoms with Crippen LogP contribution in [0.5, 0.6) is 0 Å². The SMILES string of the molecule is c1ccc(N(c2ccccc2)c2cccc3oc4cc(-c5cccc6oc7ccc(-c8ccc9c(c8)oc8ccccc89)cc7c56)ccc4c23)cc1. The molecule has 0 aliphatic rings. The molecule has 4 heteroatoms. The first-order valence-electron chi connectivity index (χ1n) is 17.5. The Labute approximate surface area is 298 Å². The van der Waals surface area contributed by atoms with E-state index in [0.29, 0.717) is 0 Å². The predicted octanol–water partition coefficient (Wildman–Crippen LogP) is 14.2. The largest absolute Gasteiger partial charge is 0.456 e. The summed E-state index contributed by atoms with van der Waals surface area (Å²) >= 11 is 0. The van der Waals surface area contributed by atoms with Crippen molar-refractivity contribution in [3.8, 4) is 22.3 Å². The van der Waals surface area contributed by atoms with Gasteiger partial charge in [-0.05, 0) is 107 Å². The fourth-order valence-electron chi connectivity index (χ4n) is 7.89. The molecule has 0 unspecified atom stereocenters. The third-order valence-electron chi connectivity index (χ3n) is 10.3. The van der Waals surface area contributed by atoms with Crippen molar-refractivity contribution < 1.29 is 13.3 Å². The van der Waals surface area contributed by atoms with E-state index in [0.717, 1.165) is 105 Å². The van der Waals surface area contributed by atoms with Crippen LogP contribution in [0, 0.1) is 0 Å². The van der Waals surface area contributed by atoms with Crippen LogP contribution in [0.4, 0.5) is 17.1 Å². The summed E-state index contributed by atoms with van der Waals surface area (Å²) in [4.78, 5) is 2.30. The van der Waals surface area contributed by atoms with Crippen molar-refractivity contribution in [2.45, 2.75) is 0 Å². The summed E-state index contributed by atoms with van der Waals surface area (Å²) in [7, 11) is 0. The fourth-order valence-corrected chi connectivity index (χ4v) is 7.89. The molecule has 244 valence electrons. The second-order valence-corrected chi connectivity index (χ2v) is 13.3. The summed E-state index contributed by atoms with van der Waals surface area (Å²) in [5.41, 5.74) is 12.8. The average molecular weight is 668 g/mol. The molecule has 0 bridgehead atoms. The molecule has 0 saturated heterocycles. The van der Waals surface area contributed by atoms with Crippen LogP contribution in [0.2, 0.25) is 0 Å². The summed E-state index contributed by atoms with van der Waals surface area (Å²) < 4.78 is 19.3. The number of nitrogens with zero attached hydrogens (tertiary/aromatic N) is 1. The molecular weight excluding hydrogens is 639 g/mol. The van der Waals surface area contributed by atoms with Gasteiger partial charge in [0.05, 0.1) is 11.1 Å². The van der Waals surface area contributed by atoms with E-state index in [1.807, 2.05) is 30.3 Å². The van der Waals surface area contributed by atoms with E-state index in [1.165, 1.54) is 0 Å². The lowest BCUT2D eigenvalue weighted by Gasteiger charge is -2.26. The molecule has 3 heterocycles. The van der Waals surface area contributed by atoms with Crippen LogP contribution in [0.15, 0.2) is 189 Å². The van der Waals surface area contributed by atoms with Crippen LogP contribution >= 0.6 is 0 Å². The average Bonchev–Trinajstić information content (AvgIpc) is 3.89. The van der Waals surface area contributed by atoms with Gasteiger partial charge in [0.1, 0.15) is 33.5 Å². The molecule has 0 fully saturated rings. The molecule has 0 aliphatic heterocycles. The van der Waals surface area contributed by atoms with Crippen molar-refractivity contribution in [2.24, 2.45) is 0 Å². The number of furan rings is 3. The second-order valence-electron chi connectivity index (χ2n) is 13.3. The van der Waals surface area contributed by atoms with Gasteiger partial charge in [0, 0.05) is 38.3 Å². The Hall–Kier alpha value is -7.04. The third kappa shape index (κ3) is 4.41. The number of rotatable bonds is 5. The van der Waals surface area contributed by atoms with Crippen molar-refractivity contribution >= 4 is 82.9 Å². The highest BCUT2D eigenvalue weighted by molar-refractivity contribution is 6.17. The van der Waals surface area contributed by atoms with Crippen LogP contribution < -0.4 is 4.90 Å². The first-order chi connectivity index (χ1) is 25.8. The van der Waals surface area contributed by atoms with Gasteiger partial charge in [-0.2, -0.15) is 0 Å². The molecule has 4 nitrogen and oxygen atoms in total. The van der Waals surface area contributed by atoms with Gasteiger partial charge >= 0.3 is 0 Å². The number of para-hydroxylation sites is 3. The van der Waals surface area contributed by atoms with E-state index < -0.39 is 0 Å². The van der Waals surface area contributed by atoms with Crippen molar-refractivity contribution in [1.29, 1.82) is 0 Å². The topological polar surface area (TPSA) is 42.7 Å². The standard InChI is InChI=1S/C48H29NO3/c1-3-11-33(12-4-1)49(34-13-5-2-6-14-34)40-17-10-20-44-48(40)38-25-22-32(29-46(38)52-44)35-16-9-19-43-47(35)39-27-30(23-26-42(39)50-43)31-21-24-37-36-15-7-8-18-41(36)51-45(37)28-31/h1-29H. The van der Waals surface area contributed by atoms with Crippen LogP contribution in [0.3, 0.4) is 0 Å². The lowest BCUT2D eigenvalue weighted by molar-refractivity contribution is 0.668. The van der Waals surface area contributed by atoms with Gasteiger partial charge in [-0.3, -0.25) is 0 Å². The quantitative estimate of drug-likeness (QED) is 0.183. The molecule has 11 rings (SSSR count). The van der Waals surface area contributed by atoms with Gasteiger partial charge in [-0.25, -0.2) is 0 Å². The fraction of sp³-hybridized carbons (Fsp3) is 0. The molecular formula is C48H29NO3. The Kier molecular flexibility index (Phi) is 6.22. The minimum absolute atomic E-state index is 0.839.